The van der Waals surface area contributed by atoms with Gasteiger partial charge in [0.15, 0.2) is 0 Å². The third-order valence-electron chi connectivity index (χ3n) is 4.24. The Kier molecular flexibility index (Phi) is 5.26. The van der Waals surface area contributed by atoms with Crippen molar-refractivity contribution in [1.82, 2.24) is 10.2 Å². The fourth-order valence-electron chi connectivity index (χ4n) is 2.93. The zero-order valence-corrected chi connectivity index (χ0v) is 13.5. The second-order valence-electron chi connectivity index (χ2n) is 5.17. The average molecular weight is 303 g/mol. The van der Waals surface area contributed by atoms with Gasteiger partial charge in [0.2, 0.25) is 0 Å². The van der Waals surface area contributed by atoms with Crippen molar-refractivity contribution in [3.8, 4) is 0 Å². The molecule has 1 fully saturated rings. The Balaban J connectivity index is 2.25. The molecule has 1 saturated heterocycles. The Morgan fingerprint density at radius 3 is 2.63 bits per heavy atom. The first kappa shape index (κ1) is 15.3. The van der Waals surface area contributed by atoms with Crippen molar-refractivity contribution in [1.29, 1.82) is 0 Å². The van der Waals surface area contributed by atoms with Crippen molar-refractivity contribution in [2.45, 2.75) is 31.8 Å². The van der Waals surface area contributed by atoms with Crippen LogP contribution in [0, 0.1) is 0 Å². The molecule has 2 atom stereocenters. The molecule has 2 unspecified atom stereocenters. The summed E-state index contributed by atoms with van der Waals surface area (Å²) in [6.45, 7) is 8.26. The topological polar surface area (TPSA) is 24.5 Å². The van der Waals surface area contributed by atoms with Crippen LogP contribution >= 0.6 is 22.9 Å². The maximum atomic E-state index is 6.10. The lowest BCUT2D eigenvalue weighted by Crippen LogP contribution is -2.57. The SMILES string of the molecule is CCC(C)(C(NC)c1ccc(Cl)s1)N1CCOCC1. The van der Waals surface area contributed by atoms with Gasteiger partial charge in [-0.2, -0.15) is 0 Å². The largest absolute Gasteiger partial charge is 0.379 e. The normalized spacial score (nSPS) is 22.1. The van der Waals surface area contributed by atoms with Crippen LogP contribution < -0.4 is 5.32 Å². The molecule has 2 heterocycles. The maximum Gasteiger partial charge on any atom is 0.0931 e. The molecule has 1 N–H and O–H groups in total. The van der Waals surface area contributed by atoms with E-state index in [4.69, 9.17) is 16.3 Å². The van der Waals surface area contributed by atoms with Crippen molar-refractivity contribution in [3.05, 3.63) is 21.3 Å². The Labute approximate surface area is 124 Å². The predicted molar refractivity (Wildman–Crippen MR) is 82.2 cm³/mol. The third-order valence-corrected chi connectivity index (χ3v) is 5.53. The summed E-state index contributed by atoms with van der Waals surface area (Å²) in [5.74, 6) is 0. The monoisotopic (exact) mass is 302 g/mol. The molecule has 1 aromatic rings. The number of hydrogen-bond donors (Lipinski definition) is 1. The quantitative estimate of drug-likeness (QED) is 0.904. The van der Waals surface area contributed by atoms with Gasteiger partial charge in [-0.25, -0.2) is 0 Å². The van der Waals surface area contributed by atoms with E-state index in [1.54, 1.807) is 11.3 Å². The summed E-state index contributed by atoms with van der Waals surface area (Å²) >= 11 is 7.77. The van der Waals surface area contributed by atoms with Gasteiger partial charge in [0.25, 0.3) is 0 Å². The van der Waals surface area contributed by atoms with Crippen LogP contribution in [0.3, 0.4) is 0 Å². The molecule has 0 bridgehead atoms. The number of nitrogens with one attached hydrogen (secondary N) is 1. The van der Waals surface area contributed by atoms with Crippen molar-refractivity contribution in [2.75, 3.05) is 33.4 Å². The van der Waals surface area contributed by atoms with Crippen LogP contribution in [0.25, 0.3) is 0 Å². The Hall–Kier alpha value is -0.130. The Bertz CT molecular complexity index is 406. The van der Waals surface area contributed by atoms with E-state index < -0.39 is 0 Å². The smallest absolute Gasteiger partial charge is 0.0931 e. The highest BCUT2D eigenvalue weighted by molar-refractivity contribution is 7.16. The van der Waals surface area contributed by atoms with E-state index in [1.165, 1.54) is 4.88 Å². The molecule has 0 radical (unpaired) electrons. The highest BCUT2D eigenvalue weighted by Gasteiger charge is 2.39. The molecule has 0 amide bonds. The van der Waals surface area contributed by atoms with Gasteiger partial charge in [-0.1, -0.05) is 18.5 Å². The number of morpholine rings is 1. The van der Waals surface area contributed by atoms with Gasteiger partial charge in [-0.05, 0) is 32.5 Å². The highest BCUT2D eigenvalue weighted by Crippen LogP contribution is 2.38. The van der Waals surface area contributed by atoms with Crippen molar-refractivity contribution < 1.29 is 4.74 Å². The standard InChI is InChI=1S/C14H23ClN2OS/c1-4-14(2,17-7-9-18-10-8-17)13(16-3)11-5-6-12(15)19-11/h5-6,13,16H,4,7-10H2,1-3H3. The molecule has 3 nitrogen and oxygen atoms in total. The zero-order valence-electron chi connectivity index (χ0n) is 11.9. The second-order valence-corrected chi connectivity index (χ2v) is 6.92. The first-order chi connectivity index (χ1) is 9.11. The maximum absolute atomic E-state index is 6.10. The van der Waals surface area contributed by atoms with Crippen molar-refractivity contribution in [3.63, 3.8) is 0 Å². The minimum atomic E-state index is 0.0900. The molecule has 5 heteroatoms. The number of nitrogens with zero attached hydrogens (tertiary/aromatic N) is 1. The molecule has 0 aliphatic carbocycles. The first-order valence-corrected chi connectivity index (χ1v) is 8.06. The molecule has 108 valence electrons. The number of thiophene rings is 1. The number of ether oxygens (including phenoxy) is 1. The minimum Gasteiger partial charge on any atom is -0.379 e. The summed E-state index contributed by atoms with van der Waals surface area (Å²) < 4.78 is 6.34. The molecule has 0 saturated carbocycles. The lowest BCUT2D eigenvalue weighted by atomic mass is 9.86. The molecule has 19 heavy (non-hydrogen) atoms. The highest BCUT2D eigenvalue weighted by atomic mass is 35.5. The van der Waals surface area contributed by atoms with Gasteiger partial charge in [0.05, 0.1) is 23.6 Å². The van der Waals surface area contributed by atoms with Crippen LogP contribution in [0.4, 0.5) is 0 Å². The van der Waals surface area contributed by atoms with E-state index in [9.17, 15) is 0 Å². The van der Waals surface area contributed by atoms with E-state index >= 15 is 0 Å². The molecular weight excluding hydrogens is 280 g/mol. The predicted octanol–water partition coefficient (Wildman–Crippen LogP) is 3.16. The van der Waals surface area contributed by atoms with Gasteiger partial charge in [0, 0.05) is 23.5 Å². The Morgan fingerprint density at radius 1 is 1.47 bits per heavy atom. The molecule has 1 aliphatic heterocycles. The van der Waals surface area contributed by atoms with Crippen molar-refractivity contribution in [2.24, 2.45) is 0 Å². The molecule has 1 aromatic heterocycles. The summed E-state index contributed by atoms with van der Waals surface area (Å²) in [7, 11) is 2.03. The van der Waals surface area contributed by atoms with E-state index in [2.05, 4.69) is 30.1 Å². The fraction of sp³-hybridized carbons (Fsp3) is 0.714. The number of rotatable bonds is 5. The molecular formula is C14H23ClN2OS. The summed E-state index contributed by atoms with van der Waals surface area (Å²) in [5, 5.41) is 3.49. The molecule has 0 spiro atoms. The average Bonchev–Trinajstić information content (AvgIpc) is 2.86. The first-order valence-electron chi connectivity index (χ1n) is 6.87. The van der Waals surface area contributed by atoms with Crippen LogP contribution in [0.2, 0.25) is 4.34 Å². The fourth-order valence-corrected chi connectivity index (χ4v) is 4.24. The summed E-state index contributed by atoms with van der Waals surface area (Å²) in [5.41, 5.74) is 0.0900. The van der Waals surface area contributed by atoms with Gasteiger partial charge in [-0.3, -0.25) is 4.90 Å². The van der Waals surface area contributed by atoms with Crippen LogP contribution in [0.1, 0.15) is 31.2 Å². The van der Waals surface area contributed by atoms with E-state index in [0.29, 0.717) is 6.04 Å². The minimum absolute atomic E-state index is 0.0900. The van der Waals surface area contributed by atoms with Crippen LogP contribution in [0.15, 0.2) is 12.1 Å². The van der Waals surface area contributed by atoms with Gasteiger partial charge >= 0.3 is 0 Å². The number of halogens is 1. The Morgan fingerprint density at radius 2 is 2.16 bits per heavy atom. The summed E-state index contributed by atoms with van der Waals surface area (Å²) in [6, 6.07) is 4.43. The number of hydrogen-bond acceptors (Lipinski definition) is 4. The number of likely N-dealkylation sites (N-methyl/N-ethyl adjacent to an activating group) is 1. The molecule has 1 aliphatic rings. The van der Waals surface area contributed by atoms with Crippen LogP contribution in [0.5, 0.6) is 0 Å². The van der Waals surface area contributed by atoms with E-state index in [1.807, 2.05) is 13.1 Å². The molecule has 0 aromatic carbocycles. The van der Waals surface area contributed by atoms with Crippen LogP contribution in [-0.4, -0.2) is 43.8 Å². The molecule has 2 rings (SSSR count). The summed E-state index contributed by atoms with van der Waals surface area (Å²) in [4.78, 5) is 3.86. The lowest BCUT2D eigenvalue weighted by Gasteiger charge is -2.47. The van der Waals surface area contributed by atoms with Gasteiger partial charge in [-0.15, -0.1) is 11.3 Å². The van der Waals surface area contributed by atoms with E-state index in [-0.39, 0.29) is 5.54 Å². The van der Waals surface area contributed by atoms with Gasteiger partial charge in [0.1, 0.15) is 0 Å². The van der Waals surface area contributed by atoms with E-state index in [0.717, 1.165) is 37.1 Å². The summed E-state index contributed by atoms with van der Waals surface area (Å²) in [6.07, 6.45) is 1.09. The van der Waals surface area contributed by atoms with Crippen LogP contribution in [-0.2, 0) is 4.74 Å². The third kappa shape index (κ3) is 3.14. The van der Waals surface area contributed by atoms with Crippen molar-refractivity contribution >= 4 is 22.9 Å². The van der Waals surface area contributed by atoms with Gasteiger partial charge < -0.3 is 10.1 Å². The zero-order chi connectivity index (χ0) is 13.9. The second kappa shape index (κ2) is 6.55. The lowest BCUT2D eigenvalue weighted by molar-refractivity contribution is -0.0314.